The van der Waals surface area contributed by atoms with Gasteiger partial charge in [0.05, 0.1) is 6.51 Å². The Hall–Kier alpha value is -1.46. The zero-order valence-corrected chi connectivity index (χ0v) is 7.12. The van der Waals surface area contributed by atoms with Crippen molar-refractivity contribution in [2.24, 2.45) is 0 Å². The maximum absolute atomic E-state index is 11.8. The van der Waals surface area contributed by atoms with Crippen LogP contribution in [0.15, 0.2) is 24.3 Å². The lowest BCUT2D eigenvalue weighted by atomic mass is 9.95. The lowest BCUT2D eigenvalue weighted by Gasteiger charge is -2.14. The van der Waals surface area contributed by atoms with Crippen molar-refractivity contribution in [1.82, 2.24) is 0 Å². The Labute approximate surface area is 78.7 Å². The first-order valence-electron chi connectivity index (χ1n) is 3.90. The van der Waals surface area contributed by atoms with Gasteiger partial charge in [-0.05, 0) is 12.1 Å². The molecule has 0 aliphatic heterocycles. The van der Waals surface area contributed by atoms with E-state index in [-0.39, 0.29) is 11.3 Å². The van der Waals surface area contributed by atoms with Gasteiger partial charge in [-0.1, -0.05) is 12.1 Å². The SMILES string of the molecule is O=Cc1cccc(OC[B-](F)(F)F)c1. The smallest absolute Gasteiger partial charge is 0.515 e. The molecule has 0 radical (unpaired) electrons. The Morgan fingerprint density at radius 3 is 2.64 bits per heavy atom. The van der Waals surface area contributed by atoms with Crippen LogP contribution in [-0.4, -0.2) is 19.8 Å². The van der Waals surface area contributed by atoms with Crippen LogP contribution in [0.5, 0.6) is 5.75 Å². The molecule has 0 fully saturated rings. The number of carbonyl (C=O) groups excluding carboxylic acids is 1. The topological polar surface area (TPSA) is 26.3 Å². The maximum Gasteiger partial charge on any atom is 0.515 e. The van der Waals surface area contributed by atoms with Crippen LogP contribution >= 0.6 is 0 Å². The monoisotopic (exact) mass is 203 g/mol. The molecule has 1 aromatic carbocycles. The summed E-state index contributed by atoms with van der Waals surface area (Å²) in [4.78, 5) is 10.3. The Balaban J connectivity index is 2.63. The average Bonchev–Trinajstić information content (AvgIpc) is 2.14. The highest BCUT2D eigenvalue weighted by molar-refractivity contribution is 6.58. The van der Waals surface area contributed by atoms with Gasteiger partial charge >= 0.3 is 6.98 Å². The molecule has 0 saturated heterocycles. The quantitative estimate of drug-likeness (QED) is 0.554. The summed E-state index contributed by atoms with van der Waals surface area (Å²) in [5.41, 5.74) is 0.289. The molecule has 0 N–H and O–H groups in total. The zero-order chi connectivity index (χ0) is 10.6. The molecule has 0 saturated carbocycles. The van der Waals surface area contributed by atoms with Crippen molar-refractivity contribution in [2.75, 3.05) is 6.51 Å². The molecule has 6 heteroatoms. The van der Waals surface area contributed by atoms with Gasteiger partial charge in [0, 0.05) is 5.56 Å². The standard InChI is InChI=1S/C8H7BF3O2/c10-9(11,12)6-14-8-3-1-2-7(4-8)5-13/h1-5H,6H2/q-1. The highest BCUT2D eigenvalue weighted by atomic mass is 19.4. The van der Waals surface area contributed by atoms with E-state index in [0.717, 1.165) is 0 Å². The van der Waals surface area contributed by atoms with Gasteiger partial charge in [-0.2, -0.15) is 0 Å². The van der Waals surface area contributed by atoms with E-state index in [4.69, 9.17) is 0 Å². The number of carbonyl (C=O) groups is 1. The van der Waals surface area contributed by atoms with Gasteiger partial charge in [0.2, 0.25) is 0 Å². The highest BCUT2D eigenvalue weighted by Crippen LogP contribution is 2.15. The van der Waals surface area contributed by atoms with Crippen LogP contribution in [0.4, 0.5) is 12.9 Å². The Morgan fingerprint density at radius 1 is 1.36 bits per heavy atom. The molecular weight excluding hydrogens is 196 g/mol. The van der Waals surface area contributed by atoms with E-state index >= 15 is 0 Å². The van der Waals surface area contributed by atoms with Gasteiger partial charge in [-0.15, -0.1) is 0 Å². The second kappa shape index (κ2) is 4.17. The van der Waals surface area contributed by atoms with Gasteiger partial charge in [0.25, 0.3) is 0 Å². The fourth-order valence-electron chi connectivity index (χ4n) is 0.868. The second-order valence-electron chi connectivity index (χ2n) is 2.71. The molecule has 1 rings (SSSR count). The molecular formula is C8H7BF3O2-. The van der Waals surface area contributed by atoms with Crippen LogP contribution in [0.2, 0.25) is 0 Å². The number of hydrogen-bond acceptors (Lipinski definition) is 2. The van der Waals surface area contributed by atoms with Crippen LogP contribution in [-0.2, 0) is 0 Å². The van der Waals surface area contributed by atoms with Crippen LogP contribution in [0.3, 0.4) is 0 Å². The van der Waals surface area contributed by atoms with Crippen molar-refractivity contribution >= 4 is 13.3 Å². The summed E-state index contributed by atoms with van der Waals surface area (Å²) in [7, 11) is 0. The van der Waals surface area contributed by atoms with Crippen molar-refractivity contribution in [1.29, 1.82) is 0 Å². The van der Waals surface area contributed by atoms with E-state index < -0.39 is 13.5 Å². The minimum absolute atomic E-state index is 0.0498. The molecule has 0 heterocycles. The summed E-state index contributed by atoms with van der Waals surface area (Å²) in [6.45, 7) is -6.24. The number of aldehydes is 1. The summed E-state index contributed by atoms with van der Waals surface area (Å²) in [6.07, 6.45) is 0.547. The third-order valence-corrected chi connectivity index (χ3v) is 1.43. The van der Waals surface area contributed by atoms with Crippen LogP contribution in [0.25, 0.3) is 0 Å². The maximum atomic E-state index is 11.8. The molecule has 0 bridgehead atoms. The van der Waals surface area contributed by atoms with Gasteiger partial charge < -0.3 is 17.7 Å². The summed E-state index contributed by atoms with van der Waals surface area (Å²) in [5.74, 6) is 0.0498. The lowest BCUT2D eigenvalue weighted by molar-refractivity contribution is 0.112. The van der Waals surface area contributed by atoms with Crippen LogP contribution in [0, 0.1) is 0 Å². The van der Waals surface area contributed by atoms with Crippen molar-refractivity contribution in [3.05, 3.63) is 29.8 Å². The average molecular weight is 203 g/mol. The first-order valence-corrected chi connectivity index (χ1v) is 3.90. The zero-order valence-electron chi connectivity index (χ0n) is 7.12. The fourth-order valence-corrected chi connectivity index (χ4v) is 0.868. The second-order valence-corrected chi connectivity index (χ2v) is 2.71. The molecule has 2 nitrogen and oxygen atoms in total. The van der Waals surface area contributed by atoms with E-state index in [0.29, 0.717) is 6.29 Å². The van der Waals surface area contributed by atoms with Crippen LogP contribution in [0.1, 0.15) is 10.4 Å². The fraction of sp³-hybridized carbons (Fsp3) is 0.125. The normalized spacial score (nSPS) is 11.1. The van der Waals surface area contributed by atoms with E-state index in [2.05, 4.69) is 4.74 Å². The Kier molecular flexibility index (Phi) is 3.16. The Bertz CT molecular complexity index is 325. The van der Waals surface area contributed by atoms with E-state index in [1.807, 2.05) is 0 Å². The molecule has 0 aliphatic carbocycles. The summed E-state index contributed by atoms with van der Waals surface area (Å²) in [5, 5.41) is 0. The number of halogens is 3. The number of rotatable bonds is 4. The van der Waals surface area contributed by atoms with E-state index in [9.17, 15) is 17.7 Å². The number of hydrogen-bond donors (Lipinski definition) is 0. The minimum Gasteiger partial charge on any atom is -0.522 e. The third kappa shape index (κ3) is 3.51. The third-order valence-electron chi connectivity index (χ3n) is 1.43. The van der Waals surface area contributed by atoms with E-state index in [1.54, 1.807) is 0 Å². The summed E-state index contributed by atoms with van der Waals surface area (Å²) < 4.78 is 39.8. The number of benzene rings is 1. The number of ether oxygens (including phenoxy) is 1. The molecule has 76 valence electrons. The van der Waals surface area contributed by atoms with Crippen molar-refractivity contribution in [2.45, 2.75) is 0 Å². The molecule has 0 unspecified atom stereocenters. The van der Waals surface area contributed by atoms with Gasteiger partial charge in [-0.25, -0.2) is 0 Å². The molecule has 0 aliphatic rings. The predicted octanol–water partition coefficient (Wildman–Crippen LogP) is 2.26. The minimum atomic E-state index is -4.96. The first-order chi connectivity index (χ1) is 6.51. The lowest BCUT2D eigenvalue weighted by Crippen LogP contribution is -2.26. The molecule has 0 spiro atoms. The van der Waals surface area contributed by atoms with E-state index in [1.165, 1.54) is 24.3 Å². The molecule has 0 aromatic heterocycles. The van der Waals surface area contributed by atoms with Gasteiger partial charge in [0.1, 0.15) is 12.0 Å². The first kappa shape index (κ1) is 10.6. The van der Waals surface area contributed by atoms with Crippen molar-refractivity contribution < 1.29 is 22.5 Å². The van der Waals surface area contributed by atoms with Crippen molar-refractivity contribution in [3.8, 4) is 5.75 Å². The highest BCUT2D eigenvalue weighted by Gasteiger charge is 2.24. The molecule has 0 amide bonds. The largest absolute Gasteiger partial charge is 0.522 e. The Morgan fingerprint density at radius 2 is 2.07 bits per heavy atom. The van der Waals surface area contributed by atoms with Gasteiger partial charge in [0.15, 0.2) is 0 Å². The molecule has 14 heavy (non-hydrogen) atoms. The van der Waals surface area contributed by atoms with Crippen LogP contribution < -0.4 is 4.74 Å². The molecule has 0 atom stereocenters. The summed E-state index contributed by atoms with van der Waals surface area (Å²) >= 11 is 0. The van der Waals surface area contributed by atoms with Crippen molar-refractivity contribution in [3.63, 3.8) is 0 Å². The van der Waals surface area contributed by atoms with Gasteiger partial charge in [-0.3, -0.25) is 4.79 Å². The predicted molar refractivity (Wildman–Crippen MR) is 46.4 cm³/mol. The summed E-state index contributed by atoms with van der Waals surface area (Å²) in [6, 6.07) is 5.57. The molecule has 1 aromatic rings.